The lowest BCUT2D eigenvalue weighted by Crippen LogP contribution is -2.33. The van der Waals surface area contributed by atoms with Gasteiger partial charge in [-0.15, -0.1) is 0 Å². The average Bonchev–Trinajstić information content (AvgIpc) is 2.98. The van der Waals surface area contributed by atoms with Crippen LogP contribution in [0.2, 0.25) is 0 Å². The van der Waals surface area contributed by atoms with Crippen molar-refractivity contribution in [2.24, 2.45) is 5.92 Å². The summed E-state index contributed by atoms with van der Waals surface area (Å²) in [5.41, 5.74) is 1.90. The summed E-state index contributed by atoms with van der Waals surface area (Å²) < 4.78 is 10.8. The Morgan fingerprint density at radius 3 is 3.20 bits per heavy atom. The third-order valence-electron chi connectivity index (χ3n) is 3.98. The molecule has 2 aliphatic rings. The Kier molecular flexibility index (Phi) is 3.89. The molecule has 3 rings (SSSR count). The lowest BCUT2D eigenvalue weighted by atomic mass is 10.0. The predicted molar refractivity (Wildman–Crippen MR) is 75.8 cm³/mol. The van der Waals surface area contributed by atoms with Gasteiger partial charge in [0.2, 0.25) is 0 Å². The van der Waals surface area contributed by atoms with E-state index >= 15 is 0 Å². The predicted octanol–water partition coefficient (Wildman–Crippen LogP) is 1.53. The molecule has 0 spiro atoms. The minimum absolute atomic E-state index is 0.0981. The number of nitrogens with one attached hydrogen (secondary N) is 2. The molecule has 2 N–H and O–H groups in total. The number of benzene rings is 1. The molecule has 0 aromatic heterocycles. The van der Waals surface area contributed by atoms with Crippen LogP contribution < -0.4 is 15.4 Å². The van der Waals surface area contributed by atoms with Crippen LogP contribution in [-0.2, 0) is 16.1 Å². The summed E-state index contributed by atoms with van der Waals surface area (Å²) >= 11 is 0. The van der Waals surface area contributed by atoms with Gasteiger partial charge < -0.3 is 20.1 Å². The van der Waals surface area contributed by atoms with E-state index in [4.69, 9.17) is 9.47 Å². The molecule has 108 valence electrons. The van der Waals surface area contributed by atoms with Crippen molar-refractivity contribution in [1.29, 1.82) is 0 Å². The molecule has 1 fully saturated rings. The molecular weight excluding hydrogens is 256 g/mol. The van der Waals surface area contributed by atoms with Crippen LogP contribution in [0, 0.1) is 5.92 Å². The van der Waals surface area contributed by atoms with Gasteiger partial charge in [-0.2, -0.15) is 0 Å². The van der Waals surface area contributed by atoms with Crippen molar-refractivity contribution in [2.75, 3.05) is 25.1 Å². The molecule has 20 heavy (non-hydrogen) atoms. The largest absolute Gasteiger partial charge is 0.482 e. The number of ether oxygens (including phenoxy) is 2. The molecule has 5 heteroatoms. The van der Waals surface area contributed by atoms with E-state index in [1.165, 1.54) is 0 Å². The van der Waals surface area contributed by atoms with Crippen LogP contribution in [0.5, 0.6) is 5.75 Å². The van der Waals surface area contributed by atoms with Crippen LogP contribution in [0.25, 0.3) is 0 Å². The number of carbonyl (C=O) groups excluding carboxylic acids is 1. The molecule has 0 bridgehead atoms. The average molecular weight is 276 g/mol. The van der Waals surface area contributed by atoms with Crippen molar-refractivity contribution in [2.45, 2.75) is 25.9 Å². The molecule has 1 aromatic carbocycles. The smallest absolute Gasteiger partial charge is 0.262 e. The zero-order chi connectivity index (χ0) is 13.9. The maximum absolute atomic E-state index is 11.3. The normalized spacial score (nSPS) is 22.9. The summed E-state index contributed by atoms with van der Waals surface area (Å²) in [5, 5.41) is 6.36. The van der Waals surface area contributed by atoms with Crippen molar-refractivity contribution < 1.29 is 14.3 Å². The van der Waals surface area contributed by atoms with E-state index in [0.717, 1.165) is 43.2 Å². The van der Waals surface area contributed by atoms with Crippen LogP contribution >= 0.6 is 0 Å². The zero-order valence-electron chi connectivity index (χ0n) is 11.6. The third-order valence-corrected chi connectivity index (χ3v) is 3.98. The van der Waals surface area contributed by atoms with Gasteiger partial charge in [-0.1, -0.05) is 6.07 Å². The van der Waals surface area contributed by atoms with E-state index in [9.17, 15) is 4.79 Å². The molecule has 2 aliphatic heterocycles. The summed E-state index contributed by atoms with van der Waals surface area (Å²) in [6, 6.07) is 6.34. The monoisotopic (exact) mass is 276 g/mol. The highest BCUT2D eigenvalue weighted by molar-refractivity contribution is 5.95. The topological polar surface area (TPSA) is 59.6 Å². The first-order valence-electron chi connectivity index (χ1n) is 7.09. The highest BCUT2D eigenvalue weighted by Crippen LogP contribution is 2.28. The molecule has 1 amide bonds. The SMILES string of the molecule is CC(NCc1ccc2c(c1)NC(=O)CO2)C1CCOC1. The van der Waals surface area contributed by atoms with Crippen LogP contribution in [0.15, 0.2) is 18.2 Å². The summed E-state index contributed by atoms with van der Waals surface area (Å²) in [5.74, 6) is 1.24. The second-order valence-corrected chi connectivity index (χ2v) is 5.46. The molecule has 1 aromatic rings. The van der Waals surface area contributed by atoms with Gasteiger partial charge in [-0.05, 0) is 37.0 Å². The Bertz CT molecular complexity index is 498. The Labute approximate surface area is 118 Å². The van der Waals surface area contributed by atoms with Crippen molar-refractivity contribution in [3.05, 3.63) is 23.8 Å². The van der Waals surface area contributed by atoms with Gasteiger partial charge >= 0.3 is 0 Å². The lowest BCUT2D eigenvalue weighted by molar-refractivity contribution is -0.118. The van der Waals surface area contributed by atoms with Gasteiger partial charge in [0.15, 0.2) is 6.61 Å². The fraction of sp³-hybridized carbons (Fsp3) is 0.533. The number of amides is 1. The van der Waals surface area contributed by atoms with Gasteiger partial charge in [-0.25, -0.2) is 0 Å². The summed E-state index contributed by atoms with van der Waals surface area (Å²) in [6.45, 7) is 4.80. The van der Waals surface area contributed by atoms with Gasteiger partial charge in [0.05, 0.1) is 12.3 Å². The number of hydrogen-bond donors (Lipinski definition) is 2. The first-order chi connectivity index (χ1) is 9.72. The van der Waals surface area contributed by atoms with E-state index in [1.807, 2.05) is 18.2 Å². The summed E-state index contributed by atoms with van der Waals surface area (Å²) in [4.78, 5) is 11.3. The van der Waals surface area contributed by atoms with Crippen LogP contribution in [0.4, 0.5) is 5.69 Å². The molecule has 0 aliphatic carbocycles. The van der Waals surface area contributed by atoms with Crippen molar-refractivity contribution in [3.8, 4) is 5.75 Å². The van der Waals surface area contributed by atoms with E-state index in [1.54, 1.807) is 0 Å². The van der Waals surface area contributed by atoms with E-state index in [2.05, 4.69) is 17.6 Å². The van der Waals surface area contributed by atoms with E-state index in [0.29, 0.717) is 12.0 Å². The minimum atomic E-state index is -0.0981. The van der Waals surface area contributed by atoms with Crippen LogP contribution in [-0.4, -0.2) is 31.8 Å². The molecule has 1 saturated heterocycles. The fourth-order valence-electron chi connectivity index (χ4n) is 2.63. The molecular formula is C15H20N2O3. The second kappa shape index (κ2) is 5.81. The van der Waals surface area contributed by atoms with Gasteiger partial charge in [0.1, 0.15) is 5.75 Å². The zero-order valence-corrected chi connectivity index (χ0v) is 11.6. The van der Waals surface area contributed by atoms with Gasteiger partial charge in [-0.3, -0.25) is 4.79 Å². The summed E-state index contributed by atoms with van der Waals surface area (Å²) in [6.07, 6.45) is 1.13. The lowest BCUT2D eigenvalue weighted by Gasteiger charge is -2.21. The highest BCUT2D eigenvalue weighted by Gasteiger charge is 2.22. The third kappa shape index (κ3) is 2.94. The Hall–Kier alpha value is -1.59. The van der Waals surface area contributed by atoms with Gasteiger partial charge in [0, 0.05) is 19.2 Å². The highest BCUT2D eigenvalue weighted by atomic mass is 16.5. The quantitative estimate of drug-likeness (QED) is 0.875. The number of rotatable bonds is 4. The molecule has 0 radical (unpaired) electrons. The Morgan fingerprint density at radius 1 is 1.50 bits per heavy atom. The Balaban J connectivity index is 1.60. The molecule has 0 saturated carbocycles. The van der Waals surface area contributed by atoms with Crippen molar-refractivity contribution in [1.82, 2.24) is 5.32 Å². The number of fused-ring (bicyclic) bond motifs is 1. The maximum atomic E-state index is 11.3. The minimum Gasteiger partial charge on any atom is -0.482 e. The molecule has 2 unspecified atom stereocenters. The number of hydrogen-bond acceptors (Lipinski definition) is 4. The maximum Gasteiger partial charge on any atom is 0.262 e. The Morgan fingerprint density at radius 2 is 2.40 bits per heavy atom. The van der Waals surface area contributed by atoms with Crippen molar-refractivity contribution in [3.63, 3.8) is 0 Å². The standard InChI is InChI=1S/C15H20N2O3/c1-10(12-4-5-19-8-12)16-7-11-2-3-14-13(6-11)17-15(18)9-20-14/h2-3,6,10,12,16H,4-5,7-9H2,1H3,(H,17,18). The van der Waals surface area contributed by atoms with E-state index in [-0.39, 0.29) is 12.5 Å². The molecule has 2 heterocycles. The van der Waals surface area contributed by atoms with Crippen LogP contribution in [0.3, 0.4) is 0 Å². The molecule has 5 nitrogen and oxygen atoms in total. The first-order valence-corrected chi connectivity index (χ1v) is 7.09. The van der Waals surface area contributed by atoms with Gasteiger partial charge in [0.25, 0.3) is 5.91 Å². The first kappa shape index (κ1) is 13.4. The number of anilines is 1. The number of carbonyl (C=O) groups is 1. The van der Waals surface area contributed by atoms with Crippen LogP contribution in [0.1, 0.15) is 18.9 Å². The van der Waals surface area contributed by atoms with E-state index < -0.39 is 0 Å². The second-order valence-electron chi connectivity index (χ2n) is 5.46. The summed E-state index contributed by atoms with van der Waals surface area (Å²) in [7, 11) is 0. The fourth-order valence-corrected chi connectivity index (χ4v) is 2.63. The van der Waals surface area contributed by atoms with Crippen molar-refractivity contribution >= 4 is 11.6 Å². The molecule has 2 atom stereocenters.